The number of nitrogens with one attached hydrogen (secondary N) is 1. The first-order valence-corrected chi connectivity index (χ1v) is 8.86. The maximum atomic E-state index is 12.4. The van der Waals surface area contributed by atoms with E-state index in [0.29, 0.717) is 15.5 Å². The molecule has 6 nitrogen and oxygen atoms in total. The molecular weight excluding hydrogens is 348 g/mol. The van der Waals surface area contributed by atoms with E-state index >= 15 is 0 Å². The van der Waals surface area contributed by atoms with Gasteiger partial charge in [0.15, 0.2) is 5.13 Å². The van der Waals surface area contributed by atoms with Crippen molar-refractivity contribution in [1.29, 1.82) is 0 Å². The van der Waals surface area contributed by atoms with Crippen LogP contribution in [0.4, 0.5) is 5.13 Å². The monoisotopic (exact) mass is 360 g/mol. The Morgan fingerprint density at radius 1 is 1.45 bits per heavy atom. The number of nitrogens with zero attached hydrogens (tertiary/aromatic N) is 1. The van der Waals surface area contributed by atoms with Crippen molar-refractivity contribution in [2.75, 3.05) is 4.72 Å². The summed E-state index contributed by atoms with van der Waals surface area (Å²) in [5.41, 5.74) is 0.437. The van der Waals surface area contributed by atoms with E-state index in [1.54, 1.807) is 19.1 Å². The lowest BCUT2D eigenvalue weighted by Crippen LogP contribution is -2.14. The van der Waals surface area contributed by atoms with Crippen molar-refractivity contribution in [3.05, 3.63) is 39.9 Å². The smallest absolute Gasteiger partial charge is 0.311 e. The Morgan fingerprint density at radius 2 is 2.14 bits per heavy atom. The first kappa shape index (κ1) is 16.7. The third-order valence-electron chi connectivity index (χ3n) is 3.05. The van der Waals surface area contributed by atoms with Crippen LogP contribution in [0.5, 0.6) is 0 Å². The molecule has 0 radical (unpaired) electrons. The van der Waals surface area contributed by atoms with Crippen LogP contribution < -0.4 is 4.72 Å². The van der Waals surface area contributed by atoms with Crippen LogP contribution in [0.25, 0.3) is 0 Å². The minimum atomic E-state index is -3.83. The average molecular weight is 361 g/mol. The first-order chi connectivity index (χ1) is 10.2. The fourth-order valence-corrected chi connectivity index (χ4v) is 4.31. The summed E-state index contributed by atoms with van der Waals surface area (Å²) in [5, 5.41) is 9.41. The second-order valence-corrected chi connectivity index (χ2v) is 7.72. The zero-order valence-electron chi connectivity index (χ0n) is 11.7. The molecule has 0 aliphatic heterocycles. The van der Waals surface area contributed by atoms with E-state index in [4.69, 9.17) is 16.7 Å². The van der Waals surface area contributed by atoms with Crippen molar-refractivity contribution in [2.24, 2.45) is 0 Å². The number of sulfonamides is 1. The molecule has 1 unspecified atom stereocenters. The summed E-state index contributed by atoms with van der Waals surface area (Å²) in [5.74, 6) is -1.74. The molecule has 0 saturated heterocycles. The number of carbonyl (C=O) groups is 1. The molecule has 9 heteroatoms. The summed E-state index contributed by atoms with van der Waals surface area (Å²) < 4.78 is 27.1. The minimum absolute atomic E-state index is 0.0584. The van der Waals surface area contributed by atoms with Crippen molar-refractivity contribution in [3.8, 4) is 0 Å². The zero-order chi connectivity index (χ0) is 16.5. The molecule has 1 atom stereocenters. The van der Waals surface area contributed by atoms with Gasteiger partial charge in [-0.1, -0.05) is 17.7 Å². The molecule has 1 heterocycles. The van der Waals surface area contributed by atoms with Crippen LogP contribution in [0.2, 0.25) is 5.02 Å². The molecule has 118 valence electrons. The molecule has 22 heavy (non-hydrogen) atoms. The lowest BCUT2D eigenvalue weighted by molar-refractivity contribution is -0.138. The van der Waals surface area contributed by atoms with Crippen LogP contribution in [0.15, 0.2) is 29.3 Å². The topological polar surface area (TPSA) is 96.4 Å². The second kappa shape index (κ2) is 6.23. The highest BCUT2D eigenvalue weighted by atomic mass is 35.5. The van der Waals surface area contributed by atoms with E-state index in [-0.39, 0.29) is 10.0 Å². The highest BCUT2D eigenvalue weighted by Crippen LogP contribution is 2.29. The standard InChI is InChI=1S/C13H13ClN2O4S2/c1-7-9(14)4-3-5-11(7)22(19,20)16-13-15-6-10(21-13)8(2)12(17)18/h3-6,8H,1-2H3,(H,15,16)(H,17,18). The lowest BCUT2D eigenvalue weighted by Gasteiger charge is -2.09. The van der Waals surface area contributed by atoms with Crippen LogP contribution in [-0.2, 0) is 14.8 Å². The molecule has 0 aliphatic carbocycles. The van der Waals surface area contributed by atoms with E-state index in [9.17, 15) is 13.2 Å². The van der Waals surface area contributed by atoms with E-state index in [2.05, 4.69) is 9.71 Å². The Morgan fingerprint density at radius 3 is 2.77 bits per heavy atom. The van der Waals surface area contributed by atoms with Gasteiger partial charge in [0.2, 0.25) is 0 Å². The van der Waals surface area contributed by atoms with Crippen LogP contribution >= 0.6 is 22.9 Å². The molecule has 0 fully saturated rings. The number of carboxylic acids is 1. The highest BCUT2D eigenvalue weighted by molar-refractivity contribution is 7.93. The summed E-state index contributed by atoms with van der Waals surface area (Å²) in [6.45, 7) is 3.12. The molecule has 0 aliphatic rings. The minimum Gasteiger partial charge on any atom is -0.481 e. The van der Waals surface area contributed by atoms with Gasteiger partial charge in [0.25, 0.3) is 10.0 Å². The van der Waals surface area contributed by atoms with Gasteiger partial charge in [-0.2, -0.15) is 0 Å². The van der Waals surface area contributed by atoms with Crippen LogP contribution in [-0.4, -0.2) is 24.5 Å². The van der Waals surface area contributed by atoms with E-state index in [1.165, 1.54) is 19.2 Å². The van der Waals surface area contributed by atoms with E-state index in [1.807, 2.05) is 0 Å². The Labute approximate surface area is 136 Å². The second-order valence-electron chi connectivity index (χ2n) is 4.60. The molecule has 0 bridgehead atoms. The van der Waals surface area contributed by atoms with Crippen LogP contribution in [0.3, 0.4) is 0 Å². The molecule has 2 aromatic rings. The van der Waals surface area contributed by atoms with Crippen LogP contribution in [0.1, 0.15) is 23.3 Å². The van der Waals surface area contributed by atoms with Gasteiger partial charge in [0.05, 0.1) is 10.8 Å². The number of halogens is 1. The predicted molar refractivity (Wildman–Crippen MR) is 85.2 cm³/mol. The number of hydrogen-bond acceptors (Lipinski definition) is 5. The summed E-state index contributed by atoms with van der Waals surface area (Å²) in [6.07, 6.45) is 1.35. The van der Waals surface area contributed by atoms with Gasteiger partial charge in [-0.05, 0) is 31.5 Å². The molecule has 2 rings (SSSR count). The predicted octanol–water partition coefficient (Wildman–Crippen LogP) is 3.09. The SMILES string of the molecule is Cc1c(Cl)cccc1S(=O)(=O)Nc1ncc(C(C)C(=O)O)s1. The number of carboxylic acid groups (broad SMARTS) is 1. The van der Waals surface area contributed by atoms with Crippen molar-refractivity contribution in [1.82, 2.24) is 4.98 Å². The maximum Gasteiger partial charge on any atom is 0.311 e. The fourth-order valence-electron chi connectivity index (χ4n) is 1.70. The number of aromatic nitrogens is 1. The van der Waals surface area contributed by atoms with Gasteiger partial charge < -0.3 is 5.11 Å². The van der Waals surface area contributed by atoms with Gasteiger partial charge in [-0.3, -0.25) is 9.52 Å². The molecule has 0 spiro atoms. The lowest BCUT2D eigenvalue weighted by atomic mass is 10.2. The van der Waals surface area contributed by atoms with Gasteiger partial charge in [0.1, 0.15) is 0 Å². The van der Waals surface area contributed by atoms with Gasteiger partial charge in [-0.25, -0.2) is 13.4 Å². The van der Waals surface area contributed by atoms with Crippen LogP contribution in [0, 0.1) is 6.92 Å². The Balaban J connectivity index is 2.30. The molecule has 0 amide bonds. The molecule has 0 saturated carbocycles. The Kier molecular flexibility index (Phi) is 4.74. The Hall–Kier alpha value is -1.64. The number of thiazole rings is 1. The van der Waals surface area contributed by atoms with Crippen molar-refractivity contribution >= 4 is 44.1 Å². The van der Waals surface area contributed by atoms with Crippen molar-refractivity contribution in [3.63, 3.8) is 0 Å². The molecule has 1 aromatic carbocycles. The summed E-state index contributed by atoms with van der Waals surface area (Å²) in [4.78, 5) is 15.4. The van der Waals surface area contributed by atoms with Crippen molar-refractivity contribution in [2.45, 2.75) is 24.7 Å². The van der Waals surface area contributed by atoms with E-state index < -0.39 is 21.9 Å². The summed E-state index contributed by atoms with van der Waals surface area (Å²) >= 11 is 6.92. The van der Waals surface area contributed by atoms with Gasteiger partial charge in [-0.15, -0.1) is 11.3 Å². The largest absolute Gasteiger partial charge is 0.481 e. The zero-order valence-corrected chi connectivity index (χ0v) is 14.1. The third-order valence-corrected chi connectivity index (χ3v) is 6.17. The maximum absolute atomic E-state index is 12.4. The Bertz CT molecular complexity index is 817. The summed E-state index contributed by atoms with van der Waals surface area (Å²) in [7, 11) is -3.83. The number of hydrogen-bond donors (Lipinski definition) is 2. The fraction of sp³-hybridized carbons (Fsp3) is 0.231. The van der Waals surface area contributed by atoms with Crippen molar-refractivity contribution < 1.29 is 18.3 Å². The van der Waals surface area contributed by atoms with Gasteiger partial charge >= 0.3 is 5.97 Å². The number of anilines is 1. The number of benzene rings is 1. The van der Waals surface area contributed by atoms with E-state index in [0.717, 1.165) is 11.3 Å². The number of rotatable bonds is 5. The quantitative estimate of drug-likeness (QED) is 0.854. The molecular formula is C13H13ClN2O4S2. The summed E-state index contributed by atoms with van der Waals surface area (Å²) in [6, 6.07) is 4.59. The molecule has 1 aromatic heterocycles. The molecule has 2 N–H and O–H groups in total. The van der Waals surface area contributed by atoms with Gasteiger partial charge in [0, 0.05) is 16.1 Å². The number of aliphatic carboxylic acids is 1. The normalized spacial score (nSPS) is 12.9. The first-order valence-electron chi connectivity index (χ1n) is 6.19. The average Bonchev–Trinajstić information content (AvgIpc) is 2.88. The highest BCUT2D eigenvalue weighted by Gasteiger charge is 2.22. The third kappa shape index (κ3) is 3.40.